The molecule has 3 N–H and O–H groups in total. The van der Waals surface area contributed by atoms with Crippen LogP contribution >= 0.6 is 12.2 Å². The van der Waals surface area contributed by atoms with Crippen LogP contribution in [0.3, 0.4) is 0 Å². The smallest absolute Gasteiger partial charge is 0.251 e. The number of nitrogens with one attached hydrogen (secondary N) is 3. The lowest BCUT2D eigenvalue weighted by atomic mass is 10.1. The van der Waals surface area contributed by atoms with Crippen LogP contribution in [-0.2, 0) is 4.79 Å². The molecule has 0 aliphatic rings. The molecule has 3 rings (SSSR count). The molecule has 0 heterocycles. The number of para-hydroxylation sites is 3. The zero-order valence-electron chi connectivity index (χ0n) is 16.3. The highest BCUT2D eigenvalue weighted by Gasteiger charge is 2.22. The minimum Gasteiger partial charge on any atom is -0.495 e. The van der Waals surface area contributed by atoms with Gasteiger partial charge in [-0.2, -0.15) is 0 Å². The SMILES string of the molecule is COc1ccccc1NC(=S)NC(C(=O)Nc1ccccc1C)c1ccccc1. The molecule has 0 fully saturated rings. The summed E-state index contributed by atoms with van der Waals surface area (Å²) >= 11 is 5.47. The fraction of sp³-hybridized carbons (Fsp3) is 0.130. The van der Waals surface area contributed by atoms with Crippen LogP contribution in [0.25, 0.3) is 0 Å². The number of hydrogen-bond donors (Lipinski definition) is 3. The zero-order chi connectivity index (χ0) is 20.6. The maximum absolute atomic E-state index is 13.1. The summed E-state index contributed by atoms with van der Waals surface area (Å²) in [5.41, 5.74) is 3.28. The quantitative estimate of drug-likeness (QED) is 0.520. The van der Waals surface area contributed by atoms with E-state index in [1.807, 2.05) is 85.8 Å². The Hall–Kier alpha value is -3.38. The first-order valence-electron chi connectivity index (χ1n) is 9.20. The molecule has 148 valence electrons. The van der Waals surface area contributed by atoms with E-state index in [1.54, 1.807) is 7.11 Å². The summed E-state index contributed by atoms with van der Waals surface area (Å²) in [5.74, 6) is 0.465. The second-order valence-corrected chi connectivity index (χ2v) is 6.85. The summed E-state index contributed by atoms with van der Waals surface area (Å²) in [7, 11) is 1.60. The molecular formula is C23H23N3O2S. The van der Waals surface area contributed by atoms with Crippen molar-refractivity contribution in [3.8, 4) is 5.75 Å². The highest BCUT2D eigenvalue weighted by Crippen LogP contribution is 2.24. The van der Waals surface area contributed by atoms with Crippen molar-refractivity contribution in [1.82, 2.24) is 5.32 Å². The van der Waals surface area contributed by atoms with Crippen LogP contribution < -0.4 is 20.7 Å². The predicted molar refractivity (Wildman–Crippen MR) is 121 cm³/mol. The fourth-order valence-electron chi connectivity index (χ4n) is 2.90. The Kier molecular flexibility index (Phi) is 6.81. The Bertz CT molecular complexity index is 992. The molecule has 29 heavy (non-hydrogen) atoms. The lowest BCUT2D eigenvalue weighted by Gasteiger charge is -2.22. The lowest BCUT2D eigenvalue weighted by Crippen LogP contribution is -2.39. The van der Waals surface area contributed by atoms with Gasteiger partial charge in [0, 0.05) is 5.69 Å². The first kappa shape index (κ1) is 20.4. The van der Waals surface area contributed by atoms with Gasteiger partial charge < -0.3 is 20.7 Å². The lowest BCUT2D eigenvalue weighted by molar-refractivity contribution is -0.117. The van der Waals surface area contributed by atoms with Gasteiger partial charge in [0.25, 0.3) is 5.91 Å². The van der Waals surface area contributed by atoms with Gasteiger partial charge in [-0.3, -0.25) is 4.79 Å². The molecule has 1 atom stereocenters. The highest BCUT2D eigenvalue weighted by molar-refractivity contribution is 7.80. The number of carbonyl (C=O) groups excluding carboxylic acids is 1. The molecule has 1 unspecified atom stereocenters. The molecule has 0 aromatic heterocycles. The Labute approximate surface area is 176 Å². The van der Waals surface area contributed by atoms with E-state index in [-0.39, 0.29) is 5.91 Å². The van der Waals surface area contributed by atoms with E-state index in [9.17, 15) is 4.79 Å². The number of benzene rings is 3. The maximum atomic E-state index is 13.1. The van der Waals surface area contributed by atoms with E-state index in [0.717, 1.165) is 22.5 Å². The fourth-order valence-corrected chi connectivity index (χ4v) is 3.13. The average molecular weight is 406 g/mol. The highest BCUT2D eigenvalue weighted by atomic mass is 32.1. The van der Waals surface area contributed by atoms with E-state index < -0.39 is 6.04 Å². The normalized spacial score (nSPS) is 11.2. The summed E-state index contributed by atoms with van der Waals surface area (Å²) in [6.45, 7) is 1.95. The van der Waals surface area contributed by atoms with E-state index in [4.69, 9.17) is 17.0 Å². The number of rotatable bonds is 6. The summed E-state index contributed by atoms with van der Waals surface area (Å²) in [6.07, 6.45) is 0. The van der Waals surface area contributed by atoms with Crippen LogP contribution in [0.5, 0.6) is 5.75 Å². The largest absolute Gasteiger partial charge is 0.495 e. The third-order valence-corrected chi connectivity index (χ3v) is 4.65. The second-order valence-electron chi connectivity index (χ2n) is 6.45. The zero-order valence-corrected chi connectivity index (χ0v) is 17.1. The number of thiocarbonyl (C=S) groups is 1. The summed E-state index contributed by atoms with van der Waals surface area (Å²) < 4.78 is 5.35. The van der Waals surface area contributed by atoms with Crippen LogP contribution in [0.1, 0.15) is 17.2 Å². The third kappa shape index (κ3) is 5.33. The van der Waals surface area contributed by atoms with Crippen LogP contribution in [0.15, 0.2) is 78.9 Å². The van der Waals surface area contributed by atoms with Crippen molar-refractivity contribution in [1.29, 1.82) is 0 Å². The maximum Gasteiger partial charge on any atom is 0.251 e. The van der Waals surface area contributed by atoms with Gasteiger partial charge >= 0.3 is 0 Å². The van der Waals surface area contributed by atoms with Crippen molar-refractivity contribution >= 4 is 34.6 Å². The number of carbonyl (C=O) groups is 1. The molecule has 0 aliphatic carbocycles. The van der Waals surface area contributed by atoms with Gasteiger partial charge in [-0.05, 0) is 48.5 Å². The molecule has 0 spiro atoms. The van der Waals surface area contributed by atoms with E-state index in [1.165, 1.54) is 0 Å². The standard InChI is InChI=1S/C23H23N3O2S/c1-16-10-6-7-13-18(16)24-22(27)21(17-11-4-3-5-12-17)26-23(29)25-19-14-8-9-15-20(19)28-2/h3-15,21H,1-2H3,(H,24,27)(H2,25,26,29). The minimum atomic E-state index is -0.662. The Balaban J connectivity index is 1.80. The molecule has 0 saturated heterocycles. The van der Waals surface area contributed by atoms with Gasteiger partial charge in [-0.1, -0.05) is 60.7 Å². The molecular weight excluding hydrogens is 382 g/mol. The van der Waals surface area contributed by atoms with Gasteiger partial charge in [0.15, 0.2) is 5.11 Å². The first-order chi connectivity index (χ1) is 14.1. The molecule has 3 aromatic rings. The molecule has 0 radical (unpaired) electrons. The van der Waals surface area contributed by atoms with E-state index >= 15 is 0 Å². The Morgan fingerprint density at radius 1 is 0.862 bits per heavy atom. The van der Waals surface area contributed by atoms with Crippen LogP contribution in [-0.4, -0.2) is 18.1 Å². The Morgan fingerprint density at radius 3 is 2.17 bits per heavy atom. The van der Waals surface area contributed by atoms with Crippen molar-refractivity contribution in [2.75, 3.05) is 17.7 Å². The van der Waals surface area contributed by atoms with Crippen molar-refractivity contribution in [2.24, 2.45) is 0 Å². The van der Waals surface area contributed by atoms with Gasteiger partial charge in [0.05, 0.1) is 12.8 Å². The number of amides is 1. The topological polar surface area (TPSA) is 62.4 Å². The first-order valence-corrected chi connectivity index (χ1v) is 9.61. The van der Waals surface area contributed by atoms with Gasteiger partial charge in [-0.15, -0.1) is 0 Å². The van der Waals surface area contributed by atoms with Crippen molar-refractivity contribution in [2.45, 2.75) is 13.0 Å². The number of ether oxygens (including phenoxy) is 1. The second kappa shape index (κ2) is 9.71. The molecule has 6 heteroatoms. The number of anilines is 2. The van der Waals surface area contributed by atoms with Crippen LogP contribution in [0, 0.1) is 6.92 Å². The molecule has 1 amide bonds. The summed E-state index contributed by atoms with van der Waals surface area (Å²) in [6, 6.07) is 23.9. The average Bonchev–Trinajstić information content (AvgIpc) is 2.74. The predicted octanol–water partition coefficient (Wildman–Crippen LogP) is 4.67. The molecule has 0 bridgehead atoms. The molecule has 0 saturated carbocycles. The Morgan fingerprint density at radius 2 is 1.48 bits per heavy atom. The summed E-state index contributed by atoms with van der Waals surface area (Å²) in [5, 5.41) is 9.54. The van der Waals surface area contributed by atoms with Crippen LogP contribution in [0.2, 0.25) is 0 Å². The minimum absolute atomic E-state index is 0.199. The monoisotopic (exact) mass is 405 g/mol. The van der Waals surface area contributed by atoms with Gasteiger partial charge in [0.2, 0.25) is 0 Å². The van der Waals surface area contributed by atoms with Crippen molar-refractivity contribution < 1.29 is 9.53 Å². The third-order valence-electron chi connectivity index (χ3n) is 4.43. The number of hydrogen-bond acceptors (Lipinski definition) is 3. The molecule has 3 aromatic carbocycles. The number of aryl methyl sites for hydroxylation is 1. The van der Waals surface area contributed by atoms with Gasteiger partial charge in [-0.25, -0.2) is 0 Å². The number of methoxy groups -OCH3 is 1. The van der Waals surface area contributed by atoms with Crippen molar-refractivity contribution in [3.05, 3.63) is 90.0 Å². The van der Waals surface area contributed by atoms with Crippen LogP contribution in [0.4, 0.5) is 11.4 Å². The van der Waals surface area contributed by atoms with Crippen molar-refractivity contribution in [3.63, 3.8) is 0 Å². The molecule has 5 nitrogen and oxygen atoms in total. The van der Waals surface area contributed by atoms with E-state index in [2.05, 4.69) is 16.0 Å². The molecule has 0 aliphatic heterocycles. The summed E-state index contributed by atoms with van der Waals surface area (Å²) in [4.78, 5) is 13.1. The van der Waals surface area contributed by atoms with E-state index in [0.29, 0.717) is 10.9 Å². The van der Waals surface area contributed by atoms with Gasteiger partial charge in [0.1, 0.15) is 11.8 Å².